The Morgan fingerprint density at radius 1 is 1.17 bits per heavy atom. The number of carboxylic acids is 1. The normalized spacial score (nSPS) is 21.2. The van der Waals surface area contributed by atoms with Crippen LogP contribution in [-0.2, 0) is 20.9 Å². The van der Waals surface area contributed by atoms with E-state index >= 15 is 0 Å². The lowest BCUT2D eigenvalue weighted by Gasteiger charge is -2.19. The molecular weight excluding hydrogens is 479 g/mol. The molecule has 0 spiro atoms. The molecule has 0 aliphatic carbocycles. The predicted molar refractivity (Wildman–Crippen MR) is 123 cm³/mol. The molecule has 4 heterocycles. The Balaban J connectivity index is 0.000000384. The maximum Gasteiger partial charge on any atom is 0.490 e. The first kappa shape index (κ1) is 25.6. The zero-order valence-corrected chi connectivity index (χ0v) is 19.3. The van der Waals surface area contributed by atoms with Crippen molar-refractivity contribution >= 4 is 22.8 Å². The number of halogens is 3. The number of carbonyl (C=O) groups excluding carboxylic acids is 1. The molecule has 2 fully saturated rings. The Bertz CT molecular complexity index is 1150. The van der Waals surface area contributed by atoms with Gasteiger partial charge in [0.15, 0.2) is 0 Å². The van der Waals surface area contributed by atoms with E-state index in [1.54, 1.807) is 6.20 Å². The monoisotopic (exact) mass is 505 g/mol. The van der Waals surface area contributed by atoms with E-state index in [-0.39, 0.29) is 12.0 Å². The van der Waals surface area contributed by atoms with Gasteiger partial charge in [0.1, 0.15) is 5.69 Å². The van der Waals surface area contributed by atoms with Crippen LogP contribution < -0.4 is 0 Å². The van der Waals surface area contributed by atoms with Gasteiger partial charge in [-0.2, -0.15) is 13.2 Å². The lowest BCUT2D eigenvalue weighted by atomic mass is 9.91. The highest BCUT2D eigenvalue weighted by molar-refractivity contribution is 5.98. The summed E-state index contributed by atoms with van der Waals surface area (Å²) in [7, 11) is 0. The number of aliphatic carboxylic acids is 1. The summed E-state index contributed by atoms with van der Waals surface area (Å²) in [6, 6.07) is 15.8. The number of carboxylic acid groups (broad SMARTS) is 1. The van der Waals surface area contributed by atoms with Gasteiger partial charge in [-0.15, -0.1) is 0 Å². The molecule has 1 amide bonds. The van der Waals surface area contributed by atoms with Crippen LogP contribution in [0.5, 0.6) is 0 Å². The van der Waals surface area contributed by atoms with Crippen molar-refractivity contribution in [2.24, 2.45) is 11.8 Å². The third-order valence-corrected chi connectivity index (χ3v) is 6.34. The lowest BCUT2D eigenvalue weighted by molar-refractivity contribution is -0.192. The third-order valence-electron chi connectivity index (χ3n) is 6.34. The summed E-state index contributed by atoms with van der Waals surface area (Å²) in [6.07, 6.45) is -2.21. The van der Waals surface area contributed by atoms with Crippen molar-refractivity contribution in [3.05, 3.63) is 66.1 Å². The third kappa shape index (κ3) is 6.21. The minimum absolute atomic E-state index is 0.0596. The number of pyridine rings is 1. The van der Waals surface area contributed by atoms with Crippen molar-refractivity contribution in [3.63, 3.8) is 0 Å². The number of benzene rings is 1. The van der Waals surface area contributed by atoms with Crippen LogP contribution in [0.3, 0.4) is 0 Å². The minimum atomic E-state index is -5.08. The molecule has 0 saturated carbocycles. The second kappa shape index (κ2) is 11.1. The molecule has 36 heavy (non-hydrogen) atoms. The van der Waals surface area contributed by atoms with Crippen molar-refractivity contribution in [2.45, 2.75) is 25.3 Å². The van der Waals surface area contributed by atoms with Crippen molar-refractivity contribution < 1.29 is 37.3 Å². The molecule has 3 aromatic rings. The molecule has 3 atom stereocenters. The molecule has 0 bridgehead atoms. The van der Waals surface area contributed by atoms with E-state index in [9.17, 15) is 18.0 Å². The van der Waals surface area contributed by atoms with Crippen molar-refractivity contribution in [2.75, 3.05) is 26.3 Å². The maximum absolute atomic E-state index is 13.0. The van der Waals surface area contributed by atoms with E-state index in [0.717, 1.165) is 36.2 Å². The van der Waals surface area contributed by atoms with Gasteiger partial charge >= 0.3 is 12.1 Å². The van der Waals surface area contributed by atoms with Crippen LogP contribution in [0.4, 0.5) is 13.2 Å². The molecule has 2 saturated heterocycles. The smallest absolute Gasteiger partial charge is 0.475 e. The first-order valence-electron chi connectivity index (χ1n) is 11.5. The van der Waals surface area contributed by atoms with Gasteiger partial charge in [-0.1, -0.05) is 24.3 Å². The number of H-pyrrole nitrogens is 1. The molecule has 5 rings (SSSR count). The summed E-state index contributed by atoms with van der Waals surface area (Å²) in [6.45, 7) is 3.40. The number of alkyl halides is 3. The number of aromatic amines is 1. The second-order valence-electron chi connectivity index (χ2n) is 8.74. The van der Waals surface area contributed by atoms with Gasteiger partial charge in [0.2, 0.25) is 0 Å². The Kier molecular flexibility index (Phi) is 7.90. The SMILES string of the molecule is O=C(O)C(F)(F)F.O=C(c1cc2ccccc2[nH]1)N1C[C@H]2[C@@H](CCOCc3ccccn3)CO[C@H]2C1. The molecule has 2 N–H and O–H groups in total. The first-order valence-corrected chi connectivity index (χ1v) is 11.5. The van der Waals surface area contributed by atoms with Crippen LogP contribution in [-0.4, -0.2) is 70.4 Å². The Morgan fingerprint density at radius 2 is 1.92 bits per heavy atom. The van der Waals surface area contributed by atoms with Gasteiger partial charge in [0, 0.05) is 42.7 Å². The topological polar surface area (TPSA) is 105 Å². The number of para-hydroxylation sites is 1. The Hall–Kier alpha value is -3.44. The number of ether oxygens (including phenoxy) is 2. The van der Waals surface area contributed by atoms with Crippen LogP contribution in [0.2, 0.25) is 0 Å². The summed E-state index contributed by atoms with van der Waals surface area (Å²) in [5.41, 5.74) is 2.60. The Morgan fingerprint density at radius 3 is 2.61 bits per heavy atom. The number of amides is 1. The van der Waals surface area contributed by atoms with Crippen molar-refractivity contribution in [3.8, 4) is 0 Å². The lowest BCUT2D eigenvalue weighted by Crippen LogP contribution is -2.31. The number of hydrogen-bond donors (Lipinski definition) is 2. The van der Waals surface area contributed by atoms with Crippen molar-refractivity contribution in [1.29, 1.82) is 0 Å². The molecule has 0 unspecified atom stereocenters. The number of rotatable bonds is 6. The zero-order valence-electron chi connectivity index (χ0n) is 19.3. The summed E-state index contributed by atoms with van der Waals surface area (Å²) in [4.78, 5) is 31.3. The number of carbonyl (C=O) groups is 2. The van der Waals surface area contributed by atoms with Gasteiger partial charge in [-0.05, 0) is 36.6 Å². The summed E-state index contributed by atoms with van der Waals surface area (Å²) in [5.74, 6) is -1.87. The van der Waals surface area contributed by atoms with Gasteiger partial charge in [0.25, 0.3) is 5.91 Å². The van der Waals surface area contributed by atoms with E-state index in [0.29, 0.717) is 37.3 Å². The highest BCUT2D eigenvalue weighted by atomic mass is 19.4. The van der Waals surface area contributed by atoms with E-state index in [4.69, 9.17) is 19.4 Å². The number of aromatic nitrogens is 2. The standard InChI is InChI=1S/C23H25N3O3.C2HF3O2/c27-23(21-11-16-5-1-2-7-20(16)25-21)26-12-19-17(14-29-22(19)13-26)8-10-28-15-18-6-3-4-9-24-18;3-2(4,5)1(6)7/h1-7,9,11,17,19,22,25H,8,10,12-15H2;(H,6,7)/t17-,19-,22-;/m0./s1. The van der Waals surface area contributed by atoms with Gasteiger partial charge < -0.3 is 24.5 Å². The molecule has 192 valence electrons. The molecule has 1 aromatic carbocycles. The second-order valence-corrected chi connectivity index (χ2v) is 8.74. The summed E-state index contributed by atoms with van der Waals surface area (Å²) < 4.78 is 43.5. The molecule has 11 heteroatoms. The van der Waals surface area contributed by atoms with E-state index in [2.05, 4.69) is 9.97 Å². The van der Waals surface area contributed by atoms with Crippen LogP contribution in [0.25, 0.3) is 10.9 Å². The molecule has 2 aromatic heterocycles. The molecule has 8 nitrogen and oxygen atoms in total. The van der Waals surface area contributed by atoms with Crippen LogP contribution in [0, 0.1) is 11.8 Å². The van der Waals surface area contributed by atoms with Crippen LogP contribution in [0.1, 0.15) is 22.6 Å². The average Bonchev–Trinajstić information content (AvgIpc) is 3.56. The fourth-order valence-electron chi connectivity index (χ4n) is 4.52. The summed E-state index contributed by atoms with van der Waals surface area (Å²) in [5, 5.41) is 8.19. The first-order chi connectivity index (χ1) is 17.2. The number of fused-ring (bicyclic) bond motifs is 2. The van der Waals surface area contributed by atoms with Gasteiger partial charge in [-0.25, -0.2) is 4.79 Å². The minimum Gasteiger partial charge on any atom is -0.475 e. The molecule has 2 aliphatic rings. The van der Waals surface area contributed by atoms with Crippen LogP contribution in [0.15, 0.2) is 54.7 Å². The number of nitrogens with one attached hydrogen (secondary N) is 1. The number of likely N-dealkylation sites (tertiary alicyclic amines) is 1. The quantitative estimate of drug-likeness (QED) is 0.493. The average molecular weight is 505 g/mol. The van der Waals surface area contributed by atoms with Crippen molar-refractivity contribution in [1.82, 2.24) is 14.9 Å². The highest BCUT2D eigenvalue weighted by Gasteiger charge is 2.45. The van der Waals surface area contributed by atoms with E-state index in [1.807, 2.05) is 53.4 Å². The Labute approximate surface area is 205 Å². The summed E-state index contributed by atoms with van der Waals surface area (Å²) >= 11 is 0. The van der Waals surface area contributed by atoms with E-state index < -0.39 is 12.1 Å². The number of hydrogen-bond acceptors (Lipinski definition) is 5. The highest BCUT2D eigenvalue weighted by Crippen LogP contribution is 2.36. The number of nitrogens with zero attached hydrogens (tertiary/aromatic N) is 2. The van der Waals surface area contributed by atoms with E-state index in [1.165, 1.54) is 0 Å². The van der Waals surface area contributed by atoms with Gasteiger partial charge in [-0.3, -0.25) is 9.78 Å². The molecule has 0 radical (unpaired) electrons. The molecular formula is C25H26F3N3O5. The zero-order chi connectivity index (χ0) is 25.7. The maximum atomic E-state index is 13.0. The van der Waals surface area contributed by atoms with Crippen LogP contribution >= 0.6 is 0 Å². The fourth-order valence-corrected chi connectivity index (χ4v) is 4.52. The molecule has 2 aliphatic heterocycles. The largest absolute Gasteiger partial charge is 0.490 e. The predicted octanol–water partition coefficient (Wildman–Crippen LogP) is 3.89. The van der Waals surface area contributed by atoms with Gasteiger partial charge in [0.05, 0.1) is 25.0 Å². The fraction of sp³-hybridized carbons (Fsp3) is 0.400.